The molecule has 1 atom stereocenters. The highest BCUT2D eigenvalue weighted by molar-refractivity contribution is 5.77. The maximum absolute atomic E-state index is 11.9. The van der Waals surface area contributed by atoms with Gasteiger partial charge in [-0.3, -0.25) is 4.79 Å². The average molecular weight is 269 g/mol. The van der Waals surface area contributed by atoms with E-state index in [1.807, 2.05) is 0 Å². The molecule has 5 heteroatoms. The largest absolute Gasteiger partial charge is 0.368 e. The van der Waals surface area contributed by atoms with Crippen LogP contribution >= 0.6 is 0 Å². The summed E-state index contributed by atoms with van der Waals surface area (Å²) < 4.78 is 5.67. The van der Waals surface area contributed by atoms with Crippen LogP contribution in [0.2, 0.25) is 0 Å². The Morgan fingerprint density at radius 2 is 2.16 bits per heavy atom. The fourth-order valence-corrected chi connectivity index (χ4v) is 2.89. The van der Waals surface area contributed by atoms with Crippen molar-refractivity contribution in [3.63, 3.8) is 0 Å². The minimum atomic E-state index is 0.0430. The lowest BCUT2D eigenvalue weighted by molar-refractivity contribution is -0.129. The Labute approximate surface area is 116 Å². The summed E-state index contributed by atoms with van der Waals surface area (Å²) in [5.74, 6) is 0.0430. The Morgan fingerprint density at radius 3 is 2.89 bits per heavy atom. The third-order valence-electron chi connectivity index (χ3n) is 4.05. The van der Waals surface area contributed by atoms with Gasteiger partial charge in [-0.25, -0.2) is 0 Å². The van der Waals surface area contributed by atoms with Crippen LogP contribution in [0.5, 0.6) is 0 Å². The zero-order valence-corrected chi connectivity index (χ0v) is 12.0. The smallest absolute Gasteiger partial charge is 0.246 e. The lowest BCUT2D eigenvalue weighted by atomic mass is 10.1. The molecule has 0 radical (unpaired) electrons. The van der Waals surface area contributed by atoms with Gasteiger partial charge in [-0.1, -0.05) is 6.92 Å². The number of nitrogens with zero attached hydrogens (tertiary/aromatic N) is 1. The Kier molecular flexibility index (Phi) is 6.07. The second-order valence-electron chi connectivity index (χ2n) is 5.56. The number of nitrogens with one attached hydrogen (secondary N) is 2. The molecule has 2 aliphatic heterocycles. The predicted octanol–water partition coefficient (Wildman–Crippen LogP) is 0.356. The highest BCUT2D eigenvalue weighted by atomic mass is 16.5. The molecule has 0 aliphatic carbocycles. The summed E-state index contributed by atoms with van der Waals surface area (Å²) >= 11 is 0. The van der Waals surface area contributed by atoms with E-state index in [-0.39, 0.29) is 18.6 Å². The SMILES string of the molecule is CCN1CCCC(NC(=O)COC2CCNCC2)C1. The fourth-order valence-electron chi connectivity index (χ4n) is 2.89. The summed E-state index contributed by atoms with van der Waals surface area (Å²) in [5.41, 5.74) is 0. The summed E-state index contributed by atoms with van der Waals surface area (Å²) in [6.45, 7) is 7.60. The number of amides is 1. The molecular formula is C14H27N3O2. The van der Waals surface area contributed by atoms with Gasteiger partial charge in [0.15, 0.2) is 0 Å². The molecule has 2 N–H and O–H groups in total. The van der Waals surface area contributed by atoms with Crippen LogP contribution in [0.25, 0.3) is 0 Å². The van der Waals surface area contributed by atoms with Crippen LogP contribution in [0.1, 0.15) is 32.6 Å². The highest BCUT2D eigenvalue weighted by Gasteiger charge is 2.21. The number of rotatable bonds is 5. The number of piperidine rings is 2. The standard InChI is InChI=1S/C14H27N3O2/c1-2-17-9-3-4-12(10-17)16-14(18)11-19-13-5-7-15-8-6-13/h12-13,15H,2-11H2,1H3,(H,16,18). The van der Waals surface area contributed by atoms with Gasteiger partial charge in [0.1, 0.15) is 6.61 Å². The molecule has 2 fully saturated rings. The molecule has 2 saturated heterocycles. The molecule has 0 saturated carbocycles. The van der Waals surface area contributed by atoms with Crippen molar-refractivity contribution >= 4 is 5.91 Å². The van der Waals surface area contributed by atoms with Gasteiger partial charge in [0, 0.05) is 12.6 Å². The van der Waals surface area contributed by atoms with Gasteiger partial charge < -0.3 is 20.3 Å². The minimum absolute atomic E-state index is 0.0430. The third kappa shape index (κ3) is 5.09. The van der Waals surface area contributed by atoms with E-state index in [9.17, 15) is 4.79 Å². The van der Waals surface area contributed by atoms with Gasteiger partial charge in [-0.05, 0) is 51.9 Å². The van der Waals surface area contributed by atoms with Crippen molar-refractivity contribution in [2.45, 2.75) is 44.8 Å². The van der Waals surface area contributed by atoms with Crippen LogP contribution in [0.3, 0.4) is 0 Å². The third-order valence-corrected chi connectivity index (χ3v) is 4.05. The Morgan fingerprint density at radius 1 is 1.37 bits per heavy atom. The first kappa shape index (κ1) is 14.8. The quantitative estimate of drug-likeness (QED) is 0.756. The van der Waals surface area contributed by atoms with Gasteiger partial charge >= 0.3 is 0 Å². The van der Waals surface area contributed by atoms with E-state index >= 15 is 0 Å². The van der Waals surface area contributed by atoms with Crippen molar-refractivity contribution < 1.29 is 9.53 Å². The molecule has 5 nitrogen and oxygen atoms in total. The predicted molar refractivity (Wildman–Crippen MR) is 75.1 cm³/mol. The van der Waals surface area contributed by atoms with Gasteiger partial charge in [0.05, 0.1) is 6.10 Å². The van der Waals surface area contributed by atoms with Gasteiger partial charge in [0.2, 0.25) is 5.91 Å². The summed E-state index contributed by atoms with van der Waals surface area (Å²) in [6.07, 6.45) is 4.55. The zero-order chi connectivity index (χ0) is 13.5. The number of hydrogen-bond donors (Lipinski definition) is 2. The van der Waals surface area contributed by atoms with E-state index in [4.69, 9.17) is 4.74 Å². The van der Waals surface area contributed by atoms with E-state index in [1.54, 1.807) is 0 Å². The molecule has 0 bridgehead atoms. The first-order valence-corrected chi connectivity index (χ1v) is 7.62. The Balaban J connectivity index is 1.63. The minimum Gasteiger partial charge on any atom is -0.368 e. The van der Waals surface area contributed by atoms with Crippen LogP contribution in [0, 0.1) is 0 Å². The molecule has 0 aromatic rings. The average Bonchev–Trinajstić information content (AvgIpc) is 2.46. The normalized spacial score (nSPS) is 26.3. The molecule has 0 spiro atoms. The summed E-state index contributed by atoms with van der Waals surface area (Å²) in [7, 11) is 0. The van der Waals surface area contributed by atoms with Crippen molar-refractivity contribution in [1.82, 2.24) is 15.5 Å². The monoisotopic (exact) mass is 269 g/mol. The summed E-state index contributed by atoms with van der Waals surface area (Å²) in [6, 6.07) is 0.304. The van der Waals surface area contributed by atoms with Crippen LogP contribution in [0.15, 0.2) is 0 Å². The molecule has 1 amide bonds. The number of carbonyl (C=O) groups is 1. The maximum Gasteiger partial charge on any atom is 0.246 e. The first-order chi connectivity index (χ1) is 9.28. The van der Waals surface area contributed by atoms with E-state index in [0.29, 0.717) is 6.04 Å². The number of ether oxygens (including phenoxy) is 1. The van der Waals surface area contributed by atoms with Crippen LogP contribution < -0.4 is 10.6 Å². The molecule has 110 valence electrons. The van der Waals surface area contributed by atoms with Gasteiger partial charge in [-0.15, -0.1) is 0 Å². The number of carbonyl (C=O) groups excluding carboxylic acids is 1. The molecule has 2 rings (SSSR count). The van der Waals surface area contributed by atoms with Crippen molar-refractivity contribution in [2.24, 2.45) is 0 Å². The lowest BCUT2D eigenvalue weighted by Gasteiger charge is -2.32. The van der Waals surface area contributed by atoms with E-state index in [1.165, 1.54) is 6.42 Å². The van der Waals surface area contributed by atoms with Crippen LogP contribution in [0.4, 0.5) is 0 Å². The molecule has 1 unspecified atom stereocenters. The molecule has 19 heavy (non-hydrogen) atoms. The fraction of sp³-hybridized carbons (Fsp3) is 0.929. The summed E-state index contributed by atoms with van der Waals surface area (Å²) in [4.78, 5) is 14.3. The van der Waals surface area contributed by atoms with Gasteiger partial charge in [0.25, 0.3) is 0 Å². The number of likely N-dealkylation sites (N-methyl/N-ethyl adjacent to an activating group) is 1. The molecule has 2 aliphatic rings. The van der Waals surface area contributed by atoms with Crippen LogP contribution in [-0.2, 0) is 9.53 Å². The lowest BCUT2D eigenvalue weighted by Crippen LogP contribution is -2.48. The first-order valence-electron chi connectivity index (χ1n) is 7.62. The molecule has 0 aromatic carbocycles. The number of hydrogen-bond acceptors (Lipinski definition) is 4. The second-order valence-corrected chi connectivity index (χ2v) is 5.56. The van der Waals surface area contributed by atoms with Crippen molar-refractivity contribution in [1.29, 1.82) is 0 Å². The maximum atomic E-state index is 11.9. The molecule has 2 heterocycles. The van der Waals surface area contributed by atoms with E-state index in [2.05, 4.69) is 22.5 Å². The van der Waals surface area contributed by atoms with Crippen molar-refractivity contribution in [3.05, 3.63) is 0 Å². The van der Waals surface area contributed by atoms with Crippen molar-refractivity contribution in [3.8, 4) is 0 Å². The van der Waals surface area contributed by atoms with Crippen LogP contribution in [-0.4, -0.2) is 62.3 Å². The van der Waals surface area contributed by atoms with E-state index < -0.39 is 0 Å². The highest BCUT2D eigenvalue weighted by Crippen LogP contribution is 2.10. The van der Waals surface area contributed by atoms with E-state index in [0.717, 1.165) is 52.0 Å². The topological polar surface area (TPSA) is 53.6 Å². The summed E-state index contributed by atoms with van der Waals surface area (Å²) in [5, 5.41) is 6.39. The Hall–Kier alpha value is -0.650. The zero-order valence-electron chi connectivity index (χ0n) is 12.0. The Bertz CT molecular complexity index is 280. The molecular weight excluding hydrogens is 242 g/mol. The number of likely N-dealkylation sites (tertiary alicyclic amines) is 1. The van der Waals surface area contributed by atoms with Gasteiger partial charge in [-0.2, -0.15) is 0 Å². The second kappa shape index (κ2) is 7.82. The van der Waals surface area contributed by atoms with Crippen molar-refractivity contribution in [2.75, 3.05) is 39.3 Å². The molecule has 0 aromatic heterocycles.